The number of hydrogen-bond donors (Lipinski definition) is 0. The van der Waals surface area contributed by atoms with E-state index in [2.05, 4.69) is 141 Å². The van der Waals surface area contributed by atoms with Crippen molar-refractivity contribution in [1.82, 2.24) is 0 Å². The second kappa shape index (κ2) is 23.7. The molecule has 0 aliphatic heterocycles. The molecule has 0 aliphatic rings. The van der Waals surface area contributed by atoms with Crippen LogP contribution in [0, 0.1) is 31.8 Å². The Morgan fingerprint density at radius 3 is 0.750 bits per heavy atom. The Kier molecular flexibility index (Phi) is 23.1. The molecular weight excluding hydrogens is 527 g/mol. The maximum Gasteiger partial charge on any atom is 0.00405 e. The summed E-state index contributed by atoms with van der Waals surface area (Å²) in [7, 11) is -0.817. The van der Waals surface area contributed by atoms with Crippen LogP contribution in [-0.2, 0) is 31.0 Å². The standard InChI is InChI=1S/C25H22P2.CN.3CO.Mn/c1-5-13-22(14-6-1)26(23-15-7-2-8-16-23)21-27(24-17-9-3-10-18-24)25-19-11-4-12-20-25;4*1-2;/h1-20H,21H2;;;;;/q;-1;;;;. The second-order valence-corrected chi connectivity index (χ2v) is 11.2. The Balaban J connectivity index is 0. The van der Waals surface area contributed by atoms with Crippen molar-refractivity contribution in [1.29, 1.82) is 5.26 Å². The van der Waals surface area contributed by atoms with E-state index < -0.39 is 15.8 Å². The van der Waals surface area contributed by atoms with Crippen molar-refractivity contribution in [3.8, 4) is 0 Å². The molecule has 4 rings (SSSR count). The molecule has 0 bridgehead atoms. The van der Waals surface area contributed by atoms with Crippen molar-refractivity contribution in [3.63, 3.8) is 0 Å². The molecule has 4 aromatic carbocycles. The maximum absolute atomic E-state index is 7.50. The zero-order valence-corrected chi connectivity index (χ0v) is 22.2. The first-order valence-electron chi connectivity index (χ1n) is 10.0. The molecule has 0 saturated carbocycles. The minimum atomic E-state index is -0.409. The van der Waals surface area contributed by atoms with Gasteiger partial charge < -0.3 is 11.8 Å². The van der Waals surface area contributed by atoms with E-state index in [4.69, 9.17) is 25.8 Å². The van der Waals surface area contributed by atoms with Crippen molar-refractivity contribution in [3.05, 3.63) is 148 Å². The van der Waals surface area contributed by atoms with E-state index >= 15 is 0 Å². The molecule has 0 heterocycles. The predicted molar refractivity (Wildman–Crippen MR) is 140 cm³/mol. The third-order valence-corrected chi connectivity index (χ3v) is 10.5. The van der Waals surface area contributed by atoms with Gasteiger partial charge in [0, 0.05) is 23.0 Å². The van der Waals surface area contributed by atoms with E-state index in [1.807, 2.05) is 0 Å². The average molecular weight is 549 g/mol. The molecule has 4 nitrogen and oxygen atoms in total. The Morgan fingerprint density at radius 1 is 0.417 bits per heavy atom. The van der Waals surface area contributed by atoms with E-state index in [-0.39, 0.29) is 17.1 Å². The van der Waals surface area contributed by atoms with Gasteiger partial charge in [0.1, 0.15) is 0 Å². The van der Waals surface area contributed by atoms with Crippen LogP contribution < -0.4 is 21.2 Å². The summed E-state index contributed by atoms with van der Waals surface area (Å²) in [5.41, 5.74) is 0. The van der Waals surface area contributed by atoms with E-state index in [1.54, 1.807) is 0 Å². The molecule has 0 unspecified atom stereocenters. The van der Waals surface area contributed by atoms with Crippen LogP contribution in [0.3, 0.4) is 0 Å². The fourth-order valence-electron chi connectivity index (χ4n) is 3.20. The van der Waals surface area contributed by atoms with Crippen LogP contribution in [0.15, 0.2) is 121 Å². The Morgan fingerprint density at radius 2 is 0.583 bits per heavy atom. The first kappa shape index (κ1) is 35.1. The molecule has 36 heavy (non-hydrogen) atoms. The fraction of sp³-hybridized carbons (Fsp3) is 0.0345. The van der Waals surface area contributed by atoms with Gasteiger partial charge in [-0.2, -0.15) is 0 Å². The van der Waals surface area contributed by atoms with Gasteiger partial charge in [-0.1, -0.05) is 121 Å². The second-order valence-electron chi connectivity index (χ2n) is 6.34. The summed E-state index contributed by atoms with van der Waals surface area (Å²) >= 11 is 0. The summed E-state index contributed by atoms with van der Waals surface area (Å²) in [6.45, 7) is 18.2. The summed E-state index contributed by atoms with van der Waals surface area (Å²) in [5, 5.41) is 12.1. The predicted octanol–water partition coefficient (Wildman–Crippen LogP) is 5.19. The van der Waals surface area contributed by atoms with Crippen LogP contribution in [0.25, 0.3) is 0 Å². The van der Waals surface area contributed by atoms with Gasteiger partial charge in [-0.25, -0.2) is 0 Å². The Labute approximate surface area is 226 Å². The molecule has 4 aromatic rings. The molecule has 0 fully saturated rings. The molecule has 0 aromatic heterocycles. The maximum atomic E-state index is 7.50. The Hall–Kier alpha value is -3.03. The fourth-order valence-corrected chi connectivity index (χ4v) is 9.67. The SMILES string of the molecule is [C-]#N.[C-]#[O+].[C-]#[O+].[C-]#[O+].[Mn].c1ccc(P(CP(c2ccccc2)c2ccccc2)c2ccccc2)cc1. The average Bonchev–Trinajstić information content (AvgIpc) is 3.00. The van der Waals surface area contributed by atoms with Crippen LogP contribution in [0.1, 0.15) is 0 Å². The van der Waals surface area contributed by atoms with Crippen molar-refractivity contribution < 1.29 is 31.0 Å². The molecule has 0 atom stereocenters. The summed E-state index contributed by atoms with van der Waals surface area (Å²) in [6, 6.07) is 44.1. The summed E-state index contributed by atoms with van der Waals surface area (Å²) in [4.78, 5) is 0. The Bertz CT molecular complexity index is 953. The molecule has 0 N–H and O–H groups in total. The van der Waals surface area contributed by atoms with Gasteiger partial charge >= 0.3 is 33.9 Å². The summed E-state index contributed by atoms with van der Waals surface area (Å²) in [6.07, 6.45) is 0. The number of hydrogen-bond acceptors (Lipinski definition) is 1. The van der Waals surface area contributed by atoms with Crippen LogP contribution in [-0.4, -0.2) is 5.90 Å². The smallest absolute Gasteiger partial charge is 0.00405 e. The quantitative estimate of drug-likeness (QED) is 0.141. The number of nitrogens with zero attached hydrogens (tertiary/aromatic N) is 1. The number of benzene rings is 4. The molecule has 0 spiro atoms. The van der Waals surface area contributed by atoms with E-state index in [0.717, 1.165) is 0 Å². The topological polar surface area (TPSA) is 83.5 Å². The van der Waals surface area contributed by atoms with Gasteiger partial charge in [-0.3, -0.25) is 0 Å². The van der Waals surface area contributed by atoms with Crippen LogP contribution in [0.4, 0.5) is 0 Å². The largest absolute Gasteiger partial charge is 0.0622 e. The van der Waals surface area contributed by atoms with Crippen LogP contribution >= 0.6 is 15.8 Å². The van der Waals surface area contributed by atoms with Gasteiger partial charge in [0.25, 0.3) is 0 Å². The van der Waals surface area contributed by atoms with Gasteiger partial charge in [0.15, 0.2) is 0 Å². The van der Waals surface area contributed by atoms with Crippen LogP contribution in [0.5, 0.6) is 0 Å². The summed E-state index contributed by atoms with van der Waals surface area (Å²) in [5.74, 6) is 1.17. The molecule has 179 valence electrons. The van der Waals surface area contributed by atoms with Gasteiger partial charge in [0.05, 0.1) is 0 Å². The number of rotatable bonds is 6. The minimum absolute atomic E-state index is 0. The third-order valence-electron chi connectivity index (χ3n) is 4.55. The van der Waals surface area contributed by atoms with Crippen molar-refractivity contribution in [2.75, 3.05) is 5.90 Å². The van der Waals surface area contributed by atoms with E-state index in [1.165, 1.54) is 27.1 Å². The van der Waals surface area contributed by atoms with Gasteiger partial charge in [-0.15, -0.1) is 0 Å². The van der Waals surface area contributed by atoms with Crippen molar-refractivity contribution >= 4 is 37.1 Å². The van der Waals surface area contributed by atoms with E-state index in [9.17, 15) is 0 Å². The zero-order valence-electron chi connectivity index (χ0n) is 19.2. The zero-order chi connectivity index (χ0) is 26.3. The molecule has 1 radical (unpaired) electrons. The molecule has 0 saturated heterocycles. The molecular formula is C29H22MnNO3P2-. The normalized spacial score (nSPS) is 8.50. The van der Waals surface area contributed by atoms with Gasteiger partial charge in [-0.05, 0) is 37.1 Å². The minimum Gasteiger partial charge on any atom is -0.0622 e. The van der Waals surface area contributed by atoms with Crippen LogP contribution in [0.2, 0.25) is 0 Å². The monoisotopic (exact) mass is 549 g/mol. The first-order valence-corrected chi connectivity index (χ1v) is 13.1. The van der Waals surface area contributed by atoms with Crippen molar-refractivity contribution in [2.24, 2.45) is 0 Å². The third kappa shape index (κ3) is 11.6. The molecule has 7 heteroatoms. The van der Waals surface area contributed by atoms with Crippen molar-refractivity contribution in [2.45, 2.75) is 0 Å². The van der Waals surface area contributed by atoms with E-state index in [0.29, 0.717) is 0 Å². The molecule has 0 aliphatic carbocycles. The first-order chi connectivity index (χ1) is 17.4. The van der Waals surface area contributed by atoms with Gasteiger partial charge in [0.2, 0.25) is 0 Å². The molecule has 0 amide bonds. The summed E-state index contributed by atoms with van der Waals surface area (Å²) < 4.78 is 22.5.